The molecule has 120 valence electrons. The molecule has 2 aromatic carbocycles. The average Bonchev–Trinajstić information content (AvgIpc) is 2.76. The second kappa shape index (κ2) is 5.65. The molecule has 0 N–H and O–H groups in total. The molecule has 0 saturated heterocycles. The van der Waals surface area contributed by atoms with Crippen LogP contribution in [0.15, 0.2) is 41.3 Å². The first-order valence-corrected chi connectivity index (χ1v) is 9.22. The predicted molar refractivity (Wildman–Crippen MR) is 92.5 cm³/mol. The average molecular weight is 349 g/mol. The summed E-state index contributed by atoms with van der Waals surface area (Å²) in [5.41, 5.74) is 3.10. The van der Waals surface area contributed by atoms with E-state index < -0.39 is 9.84 Å². The maximum absolute atomic E-state index is 12.7. The van der Waals surface area contributed by atoms with Crippen molar-refractivity contribution in [3.8, 4) is 0 Å². The number of hydrogen-bond acceptors (Lipinski definition) is 3. The van der Waals surface area contributed by atoms with Gasteiger partial charge < -0.3 is 4.57 Å². The van der Waals surface area contributed by atoms with E-state index in [4.69, 9.17) is 11.6 Å². The van der Waals surface area contributed by atoms with Gasteiger partial charge in [-0.2, -0.15) is 0 Å². The molecular formula is C17H17ClN2O2S. The van der Waals surface area contributed by atoms with Crippen LogP contribution in [0.2, 0.25) is 5.02 Å². The van der Waals surface area contributed by atoms with Crippen LogP contribution in [0, 0.1) is 13.8 Å². The highest BCUT2D eigenvalue weighted by Gasteiger charge is 2.19. The Morgan fingerprint density at radius 2 is 1.91 bits per heavy atom. The van der Waals surface area contributed by atoms with Crippen molar-refractivity contribution in [2.24, 2.45) is 7.05 Å². The van der Waals surface area contributed by atoms with Crippen molar-refractivity contribution >= 4 is 32.5 Å². The first-order valence-electron chi connectivity index (χ1n) is 7.19. The highest BCUT2D eigenvalue weighted by Crippen LogP contribution is 2.26. The second-order valence-electron chi connectivity index (χ2n) is 5.66. The van der Waals surface area contributed by atoms with Gasteiger partial charge in [-0.25, -0.2) is 13.4 Å². The summed E-state index contributed by atoms with van der Waals surface area (Å²) < 4.78 is 27.4. The zero-order chi connectivity index (χ0) is 16.8. The minimum atomic E-state index is -3.46. The van der Waals surface area contributed by atoms with Crippen molar-refractivity contribution in [1.82, 2.24) is 9.55 Å². The molecule has 3 aromatic rings. The molecule has 0 amide bonds. The molecule has 4 nitrogen and oxygen atoms in total. The second-order valence-corrected chi connectivity index (χ2v) is 8.03. The molecule has 0 fully saturated rings. The summed E-state index contributed by atoms with van der Waals surface area (Å²) in [7, 11) is -1.52. The first-order chi connectivity index (χ1) is 10.8. The number of aromatic nitrogens is 2. The van der Waals surface area contributed by atoms with Gasteiger partial charge in [0.2, 0.25) is 0 Å². The molecule has 1 heterocycles. The monoisotopic (exact) mass is 348 g/mol. The lowest BCUT2D eigenvalue weighted by molar-refractivity contribution is 0.594. The highest BCUT2D eigenvalue weighted by molar-refractivity contribution is 7.90. The number of fused-ring (bicyclic) bond motifs is 1. The summed E-state index contributed by atoms with van der Waals surface area (Å²) in [6, 6.07) is 10.5. The third-order valence-electron chi connectivity index (χ3n) is 4.08. The highest BCUT2D eigenvalue weighted by atomic mass is 35.5. The van der Waals surface area contributed by atoms with E-state index in [1.807, 2.05) is 36.7 Å². The molecule has 0 radical (unpaired) electrons. The van der Waals surface area contributed by atoms with E-state index in [1.54, 1.807) is 25.1 Å². The van der Waals surface area contributed by atoms with E-state index in [2.05, 4.69) is 4.98 Å². The van der Waals surface area contributed by atoms with Crippen LogP contribution in [-0.4, -0.2) is 18.0 Å². The minimum Gasteiger partial charge on any atom is -0.331 e. The minimum absolute atomic E-state index is 0.0697. The topological polar surface area (TPSA) is 52.0 Å². The van der Waals surface area contributed by atoms with E-state index in [9.17, 15) is 8.42 Å². The van der Waals surface area contributed by atoms with Gasteiger partial charge in [0.05, 0.1) is 21.7 Å². The standard InChI is InChI=1S/C17H17ClN2O2S/c1-11-14(18)5-4-6-17(11)23(21,22)10-13-7-8-16-15(9-13)19-12(2)20(16)3/h4-9H,10H2,1-3H3. The van der Waals surface area contributed by atoms with Crippen LogP contribution in [0.1, 0.15) is 17.0 Å². The van der Waals surface area contributed by atoms with Gasteiger partial charge in [0, 0.05) is 12.1 Å². The fourth-order valence-electron chi connectivity index (χ4n) is 2.68. The summed E-state index contributed by atoms with van der Waals surface area (Å²) in [5, 5.41) is 0.460. The van der Waals surface area contributed by atoms with Crippen LogP contribution in [0.25, 0.3) is 11.0 Å². The van der Waals surface area contributed by atoms with Crippen molar-refractivity contribution in [2.75, 3.05) is 0 Å². The van der Waals surface area contributed by atoms with Gasteiger partial charge in [-0.3, -0.25) is 0 Å². The Kier molecular flexibility index (Phi) is 3.94. The largest absolute Gasteiger partial charge is 0.331 e. The van der Waals surface area contributed by atoms with E-state index in [-0.39, 0.29) is 10.6 Å². The summed E-state index contributed by atoms with van der Waals surface area (Å²) in [6.45, 7) is 3.65. The van der Waals surface area contributed by atoms with E-state index in [0.29, 0.717) is 10.6 Å². The molecule has 3 rings (SSSR count). The lowest BCUT2D eigenvalue weighted by atomic mass is 10.2. The number of rotatable bonds is 3. The normalized spacial score (nSPS) is 12.0. The SMILES string of the molecule is Cc1c(Cl)cccc1S(=O)(=O)Cc1ccc2c(c1)nc(C)n2C. The van der Waals surface area contributed by atoms with Crippen LogP contribution < -0.4 is 0 Å². The third kappa shape index (κ3) is 2.86. The van der Waals surface area contributed by atoms with E-state index in [1.165, 1.54) is 0 Å². The number of imidazole rings is 1. The molecular weight excluding hydrogens is 332 g/mol. The number of hydrogen-bond donors (Lipinski definition) is 0. The molecule has 23 heavy (non-hydrogen) atoms. The van der Waals surface area contributed by atoms with Crippen LogP contribution >= 0.6 is 11.6 Å². The van der Waals surface area contributed by atoms with Crippen molar-refractivity contribution in [3.63, 3.8) is 0 Å². The summed E-state index contributed by atoms with van der Waals surface area (Å²) in [4.78, 5) is 4.73. The van der Waals surface area contributed by atoms with Crippen LogP contribution in [-0.2, 0) is 22.6 Å². The van der Waals surface area contributed by atoms with Gasteiger partial charge in [-0.15, -0.1) is 0 Å². The molecule has 0 spiro atoms. The zero-order valence-corrected chi connectivity index (χ0v) is 14.7. The summed E-state index contributed by atoms with van der Waals surface area (Å²) in [5.74, 6) is 0.824. The van der Waals surface area contributed by atoms with Crippen LogP contribution in [0.4, 0.5) is 0 Å². The van der Waals surface area contributed by atoms with E-state index >= 15 is 0 Å². The van der Waals surface area contributed by atoms with Crippen molar-refractivity contribution < 1.29 is 8.42 Å². The van der Waals surface area contributed by atoms with Gasteiger partial charge in [-0.1, -0.05) is 23.7 Å². The number of sulfone groups is 1. The van der Waals surface area contributed by atoms with Crippen molar-refractivity contribution in [2.45, 2.75) is 24.5 Å². The molecule has 0 bridgehead atoms. The van der Waals surface area contributed by atoms with Gasteiger partial charge in [0.1, 0.15) is 5.82 Å². The zero-order valence-electron chi connectivity index (χ0n) is 13.2. The Labute approximate surface area is 140 Å². The molecule has 0 aliphatic carbocycles. The van der Waals surface area contributed by atoms with Gasteiger partial charge in [0.15, 0.2) is 9.84 Å². The molecule has 1 aromatic heterocycles. The van der Waals surface area contributed by atoms with Gasteiger partial charge in [-0.05, 0) is 49.2 Å². The third-order valence-corrected chi connectivity index (χ3v) is 6.31. The van der Waals surface area contributed by atoms with Crippen molar-refractivity contribution in [1.29, 1.82) is 0 Å². The molecule has 0 aliphatic rings. The fourth-order valence-corrected chi connectivity index (χ4v) is 4.54. The van der Waals surface area contributed by atoms with Crippen LogP contribution in [0.5, 0.6) is 0 Å². The Bertz CT molecular complexity index is 1010. The summed E-state index contributed by atoms with van der Waals surface area (Å²) in [6.07, 6.45) is 0. The summed E-state index contributed by atoms with van der Waals surface area (Å²) >= 11 is 6.04. The van der Waals surface area contributed by atoms with Gasteiger partial charge >= 0.3 is 0 Å². The Morgan fingerprint density at radius 3 is 2.65 bits per heavy atom. The number of nitrogens with zero attached hydrogens (tertiary/aromatic N) is 2. The number of benzene rings is 2. The number of halogens is 1. The predicted octanol–water partition coefficient (Wildman–Crippen LogP) is 3.82. The molecule has 6 heteroatoms. The van der Waals surface area contributed by atoms with Crippen LogP contribution in [0.3, 0.4) is 0 Å². The fraction of sp³-hybridized carbons (Fsp3) is 0.235. The number of aryl methyl sites for hydroxylation is 2. The smallest absolute Gasteiger partial charge is 0.182 e. The van der Waals surface area contributed by atoms with Gasteiger partial charge in [0.25, 0.3) is 0 Å². The Hall–Kier alpha value is -1.85. The maximum Gasteiger partial charge on any atom is 0.182 e. The molecule has 0 atom stereocenters. The lowest BCUT2D eigenvalue weighted by Crippen LogP contribution is -2.07. The molecule has 0 aliphatic heterocycles. The van der Waals surface area contributed by atoms with Crippen molar-refractivity contribution in [3.05, 3.63) is 58.4 Å². The lowest BCUT2D eigenvalue weighted by Gasteiger charge is -2.09. The maximum atomic E-state index is 12.7. The molecule has 0 unspecified atom stereocenters. The first kappa shape index (κ1) is 16.0. The van der Waals surface area contributed by atoms with E-state index in [0.717, 1.165) is 22.4 Å². The molecule has 0 saturated carbocycles. The Morgan fingerprint density at radius 1 is 1.17 bits per heavy atom. The quantitative estimate of drug-likeness (QED) is 0.723. The Balaban J connectivity index is 2.02.